The van der Waals surface area contributed by atoms with Gasteiger partial charge in [0, 0.05) is 41.7 Å². The van der Waals surface area contributed by atoms with Crippen LogP contribution >= 0.6 is 11.3 Å². The van der Waals surface area contributed by atoms with Crippen molar-refractivity contribution in [1.29, 1.82) is 0 Å². The molecular weight excluding hydrogens is 773 g/mol. The van der Waals surface area contributed by atoms with E-state index in [4.69, 9.17) is 8.83 Å². The normalized spacial score (nSPS) is 11.6. The van der Waals surface area contributed by atoms with Crippen LogP contribution in [0, 0.1) is 6.92 Å². The first kappa shape index (κ1) is 37.8. The highest BCUT2D eigenvalue weighted by molar-refractivity contribution is 7.25. The molecule has 12 rings (SSSR count). The molecule has 0 aliphatic rings. The van der Waals surface area contributed by atoms with Crippen molar-refractivity contribution >= 4 is 75.4 Å². The van der Waals surface area contributed by atoms with E-state index in [1.807, 2.05) is 25.2 Å². The van der Waals surface area contributed by atoms with Crippen molar-refractivity contribution in [1.82, 2.24) is 0 Å². The summed E-state index contributed by atoms with van der Waals surface area (Å²) in [7, 11) is 0. The smallest absolute Gasteiger partial charge is 0.136 e. The molecule has 0 atom stereocenters. The molecule has 0 radical (unpaired) electrons. The fourth-order valence-corrected chi connectivity index (χ4v) is 10.3. The molecule has 3 heteroatoms. The minimum absolute atomic E-state index is 0.902. The van der Waals surface area contributed by atoms with E-state index in [0.29, 0.717) is 0 Å². The summed E-state index contributed by atoms with van der Waals surface area (Å²) in [6.45, 7) is 8.47. The Morgan fingerprint density at radius 1 is 0.355 bits per heavy atom. The Balaban J connectivity index is 0.00000213. The molecule has 62 heavy (non-hydrogen) atoms. The van der Waals surface area contributed by atoms with Crippen LogP contribution in [0.5, 0.6) is 0 Å². The molecule has 0 saturated heterocycles. The third-order valence-corrected chi connectivity index (χ3v) is 13.6. The van der Waals surface area contributed by atoms with E-state index < -0.39 is 0 Å². The third-order valence-electron chi connectivity index (χ3n) is 12.4. The maximum atomic E-state index is 6.54. The molecule has 0 bridgehead atoms. The van der Waals surface area contributed by atoms with Gasteiger partial charge in [0.2, 0.25) is 0 Å². The van der Waals surface area contributed by atoms with Gasteiger partial charge in [-0.3, -0.25) is 0 Å². The lowest BCUT2D eigenvalue weighted by Crippen LogP contribution is -1.93. The second kappa shape index (κ2) is 15.4. The maximum absolute atomic E-state index is 6.54. The maximum Gasteiger partial charge on any atom is 0.136 e. The molecule has 0 saturated carbocycles. The second-order valence-corrected chi connectivity index (χ2v) is 17.1. The number of hydrogen-bond acceptors (Lipinski definition) is 3. The molecule has 3 aromatic heterocycles. The molecule has 3 heterocycles. The Morgan fingerprint density at radius 2 is 0.790 bits per heavy atom. The third kappa shape index (κ3) is 6.40. The van der Waals surface area contributed by atoms with Gasteiger partial charge >= 0.3 is 0 Å². The van der Waals surface area contributed by atoms with Gasteiger partial charge in [-0.2, -0.15) is 0 Å². The lowest BCUT2D eigenvalue weighted by Gasteiger charge is -2.15. The van der Waals surface area contributed by atoms with Gasteiger partial charge in [-0.05, 0) is 153 Å². The Kier molecular flexibility index (Phi) is 9.36. The van der Waals surface area contributed by atoms with Crippen molar-refractivity contribution in [2.45, 2.75) is 34.1 Å². The number of aryl methyl sites for hydroxylation is 2. The highest BCUT2D eigenvalue weighted by atomic mass is 32.1. The molecular formula is C59H44O2S. The number of rotatable bonds is 6. The van der Waals surface area contributed by atoms with Gasteiger partial charge in [0.25, 0.3) is 0 Å². The first-order valence-electron chi connectivity index (χ1n) is 21.7. The Morgan fingerprint density at radius 3 is 1.39 bits per heavy atom. The quantitative estimate of drug-likeness (QED) is 0.167. The zero-order valence-corrected chi connectivity index (χ0v) is 36.1. The van der Waals surface area contributed by atoms with E-state index >= 15 is 0 Å². The first-order valence-corrected chi connectivity index (χ1v) is 22.5. The summed E-state index contributed by atoms with van der Waals surface area (Å²) in [6.07, 6.45) is 0.965. The molecule has 0 aliphatic heterocycles. The van der Waals surface area contributed by atoms with E-state index in [-0.39, 0.29) is 0 Å². The molecule has 0 unspecified atom stereocenters. The second-order valence-electron chi connectivity index (χ2n) is 16.0. The van der Waals surface area contributed by atoms with Crippen molar-refractivity contribution in [3.8, 4) is 55.6 Å². The average Bonchev–Trinajstić information content (AvgIpc) is 4.01. The van der Waals surface area contributed by atoms with Gasteiger partial charge in [0.1, 0.15) is 22.3 Å². The Labute approximate surface area is 365 Å². The van der Waals surface area contributed by atoms with Crippen LogP contribution in [0.3, 0.4) is 0 Å². The SMILES string of the molecule is CC.CCc1ccc(-c2ccc3oc4cc5sc6ccc(-c7ccc8oc9ccc(-c%10ccccc%10)cc9c8c7)cc6c5cc4c3c2)cc1-c1cc(-c2ccccc2)ccc1C. The van der Waals surface area contributed by atoms with E-state index in [1.165, 1.54) is 86.9 Å². The van der Waals surface area contributed by atoms with Crippen molar-refractivity contribution in [2.75, 3.05) is 0 Å². The van der Waals surface area contributed by atoms with Gasteiger partial charge in [-0.15, -0.1) is 11.3 Å². The summed E-state index contributed by atoms with van der Waals surface area (Å²) in [5.41, 5.74) is 18.4. The fourth-order valence-electron chi connectivity index (χ4n) is 9.21. The lowest BCUT2D eigenvalue weighted by molar-refractivity contribution is 0.669. The molecule has 298 valence electrons. The van der Waals surface area contributed by atoms with Crippen molar-refractivity contribution in [3.05, 3.63) is 193 Å². The predicted octanol–water partition coefficient (Wildman–Crippen LogP) is 18.1. The monoisotopic (exact) mass is 816 g/mol. The number of fused-ring (bicyclic) bond motifs is 9. The van der Waals surface area contributed by atoms with Crippen LogP contribution in [0.25, 0.3) is 120 Å². The minimum atomic E-state index is 0.902. The minimum Gasteiger partial charge on any atom is -0.456 e. The summed E-state index contributed by atoms with van der Waals surface area (Å²) in [6, 6.07) is 66.2. The topological polar surface area (TPSA) is 26.3 Å². The molecule has 0 fully saturated rings. The zero-order chi connectivity index (χ0) is 41.9. The molecule has 0 spiro atoms. The van der Waals surface area contributed by atoms with Crippen LogP contribution in [-0.2, 0) is 6.42 Å². The van der Waals surface area contributed by atoms with Crippen LogP contribution in [0.15, 0.2) is 191 Å². The number of benzene rings is 9. The predicted molar refractivity (Wildman–Crippen MR) is 267 cm³/mol. The zero-order valence-electron chi connectivity index (χ0n) is 35.3. The van der Waals surface area contributed by atoms with E-state index in [2.05, 4.69) is 196 Å². The highest BCUT2D eigenvalue weighted by Gasteiger charge is 2.17. The van der Waals surface area contributed by atoms with Gasteiger partial charge in [-0.25, -0.2) is 0 Å². The van der Waals surface area contributed by atoms with Gasteiger partial charge < -0.3 is 8.83 Å². The summed E-state index contributed by atoms with van der Waals surface area (Å²) < 4.78 is 15.3. The van der Waals surface area contributed by atoms with E-state index in [9.17, 15) is 0 Å². The summed E-state index contributed by atoms with van der Waals surface area (Å²) in [5, 5.41) is 7.05. The number of hydrogen-bond donors (Lipinski definition) is 0. The summed E-state index contributed by atoms with van der Waals surface area (Å²) in [5.74, 6) is 0. The average molecular weight is 817 g/mol. The summed E-state index contributed by atoms with van der Waals surface area (Å²) in [4.78, 5) is 0. The Bertz CT molecular complexity index is 3640. The molecule has 0 aliphatic carbocycles. The van der Waals surface area contributed by atoms with Crippen LogP contribution in [0.4, 0.5) is 0 Å². The molecule has 12 aromatic rings. The van der Waals surface area contributed by atoms with Crippen LogP contribution in [-0.4, -0.2) is 0 Å². The van der Waals surface area contributed by atoms with Gasteiger partial charge in [0.15, 0.2) is 0 Å². The van der Waals surface area contributed by atoms with Crippen LogP contribution in [0.2, 0.25) is 0 Å². The van der Waals surface area contributed by atoms with Crippen molar-refractivity contribution < 1.29 is 8.83 Å². The highest BCUT2D eigenvalue weighted by Crippen LogP contribution is 2.43. The first-order chi connectivity index (χ1) is 30.5. The van der Waals surface area contributed by atoms with Crippen LogP contribution < -0.4 is 0 Å². The fraction of sp³-hybridized carbons (Fsp3) is 0.0847. The lowest BCUT2D eigenvalue weighted by atomic mass is 9.89. The molecule has 0 N–H and O–H groups in total. The van der Waals surface area contributed by atoms with E-state index in [1.54, 1.807) is 0 Å². The van der Waals surface area contributed by atoms with Crippen molar-refractivity contribution in [2.24, 2.45) is 0 Å². The van der Waals surface area contributed by atoms with Gasteiger partial charge in [0.05, 0.1) is 0 Å². The molecule has 0 amide bonds. The Hall–Kier alpha value is -7.20. The number of furan rings is 2. The number of thiophene rings is 1. The van der Waals surface area contributed by atoms with Gasteiger partial charge in [-0.1, -0.05) is 130 Å². The van der Waals surface area contributed by atoms with Crippen molar-refractivity contribution in [3.63, 3.8) is 0 Å². The van der Waals surface area contributed by atoms with E-state index in [0.717, 1.165) is 50.3 Å². The van der Waals surface area contributed by atoms with Crippen LogP contribution in [0.1, 0.15) is 31.9 Å². The largest absolute Gasteiger partial charge is 0.456 e. The summed E-state index contributed by atoms with van der Waals surface area (Å²) >= 11 is 1.82. The standard InChI is InChI=1S/C57H38O2S.C2H6/c1-3-35-16-17-40(27-45(35)44-26-38(15-14-34(44)2)36-10-6-4-7-11-36)41-20-24-54-48(30-41)49-32-51-50-31-43(21-25-56(50)60-57(51)33-55(49)59-54)42-19-23-53-47(29-42)46-28-39(18-22-52(46)58-53)37-12-8-5-9-13-37;1-2/h4-33H,3H2,1-2H3;1-2H3. The molecule has 2 nitrogen and oxygen atoms in total. The molecule has 9 aromatic carbocycles.